The zero-order valence-corrected chi connectivity index (χ0v) is 28.4. The molecule has 9 nitrogen and oxygen atoms in total. The number of nitrogens with one attached hydrogen (secondary N) is 1. The number of fused-ring (bicyclic) bond motifs is 3. The number of amides is 1. The van der Waals surface area contributed by atoms with Gasteiger partial charge < -0.3 is 25.3 Å². The number of anilines is 2. The number of hydrazine groups is 1. The lowest BCUT2D eigenvalue weighted by atomic mass is 9.88. The van der Waals surface area contributed by atoms with Crippen LogP contribution >= 0.6 is 11.3 Å². The minimum absolute atomic E-state index is 0.0424. The van der Waals surface area contributed by atoms with Crippen molar-refractivity contribution in [3.05, 3.63) is 86.2 Å². The second kappa shape index (κ2) is 15.0. The fraction of sp³-hybridized carbons (Fsp3) is 0.459. The molecule has 4 N–H and O–H groups in total. The zero-order chi connectivity index (χ0) is 32.9. The zero-order valence-electron chi connectivity index (χ0n) is 27.5. The fourth-order valence-electron chi connectivity index (χ4n) is 7.39. The number of likely N-dealkylation sites (tertiary alicyclic amines) is 1. The van der Waals surface area contributed by atoms with Crippen molar-refractivity contribution in [2.24, 2.45) is 5.73 Å². The van der Waals surface area contributed by atoms with Gasteiger partial charge in [-0.05, 0) is 106 Å². The predicted molar refractivity (Wildman–Crippen MR) is 189 cm³/mol. The molecule has 47 heavy (non-hydrogen) atoms. The molecule has 4 heterocycles. The van der Waals surface area contributed by atoms with Gasteiger partial charge in [0.05, 0.1) is 47.8 Å². The van der Waals surface area contributed by atoms with Crippen LogP contribution in [0.15, 0.2) is 48.7 Å². The van der Waals surface area contributed by atoms with Crippen LogP contribution < -0.4 is 16.1 Å². The number of rotatable bonds is 8. The Morgan fingerprint density at radius 2 is 1.79 bits per heavy atom. The van der Waals surface area contributed by atoms with Crippen LogP contribution in [0.25, 0.3) is 5.70 Å². The van der Waals surface area contributed by atoms with Gasteiger partial charge in [-0.3, -0.25) is 20.1 Å². The summed E-state index contributed by atoms with van der Waals surface area (Å²) < 4.78 is 5.37. The lowest BCUT2D eigenvalue weighted by Gasteiger charge is -2.41. The van der Waals surface area contributed by atoms with Crippen LogP contribution in [-0.4, -0.2) is 73.1 Å². The average Bonchev–Trinajstić information content (AvgIpc) is 3.45. The molecule has 0 saturated carbocycles. The molecular formula is C37H47N5O4S. The molecule has 2 saturated heterocycles. The van der Waals surface area contributed by atoms with Crippen molar-refractivity contribution in [3.8, 4) is 0 Å². The van der Waals surface area contributed by atoms with Gasteiger partial charge in [0.15, 0.2) is 0 Å². The van der Waals surface area contributed by atoms with Crippen LogP contribution in [0.3, 0.4) is 0 Å². The van der Waals surface area contributed by atoms with E-state index in [1.807, 2.05) is 41.4 Å². The molecule has 7 rings (SSSR count). The summed E-state index contributed by atoms with van der Waals surface area (Å²) in [7, 11) is 1.91. The minimum Gasteiger partial charge on any atom is -0.397 e. The largest absolute Gasteiger partial charge is 0.397 e. The minimum atomic E-state index is -0.205. The number of hydrogen-bond donors (Lipinski definition) is 3. The summed E-state index contributed by atoms with van der Waals surface area (Å²) in [6.07, 6.45) is 10.4. The Bertz CT molecular complexity index is 1590. The van der Waals surface area contributed by atoms with Crippen LogP contribution in [-0.2, 0) is 35.4 Å². The summed E-state index contributed by atoms with van der Waals surface area (Å²) in [4.78, 5) is 29.2. The molecule has 0 bridgehead atoms. The topological polar surface area (TPSA) is 111 Å². The molecule has 1 aromatic heterocycles. The molecule has 4 aliphatic rings. The van der Waals surface area contributed by atoms with Gasteiger partial charge in [0.1, 0.15) is 6.29 Å². The van der Waals surface area contributed by atoms with Crippen LogP contribution in [0.4, 0.5) is 11.4 Å². The number of aryl methyl sites for hydroxylation is 1. The number of carbonyl (C=O) groups excluding carboxylic acids is 2. The van der Waals surface area contributed by atoms with E-state index in [1.54, 1.807) is 11.3 Å². The third-order valence-electron chi connectivity index (χ3n) is 9.90. The van der Waals surface area contributed by atoms with Crippen molar-refractivity contribution in [1.29, 1.82) is 0 Å². The van der Waals surface area contributed by atoms with E-state index in [9.17, 15) is 9.90 Å². The fourth-order valence-corrected chi connectivity index (χ4v) is 8.77. The Hall–Kier alpha value is -3.70. The van der Waals surface area contributed by atoms with Crippen LogP contribution in [0.2, 0.25) is 0 Å². The number of carbonyl (C=O) groups is 2. The van der Waals surface area contributed by atoms with Gasteiger partial charge in [-0.15, -0.1) is 11.3 Å². The van der Waals surface area contributed by atoms with Crippen molar-refractivity contribution in [2.75, 3.05) is 50.2 Å². The number of benzene rings is 2. The van der Waals surface area contributed by atoms with Gasteiger partial charge in [0.2, 0.25) is 0 Å². The van der Waals surface area contributed by atoms with Gasteiger partial charge in [-0.2, -0.15) is 0 Å². The monoisotopic (exact) mass is 657 g/mol. The molecule has 10 heteroatoms. The van der Waals surface area contributed by atoms with Gasteiger partial charge in [-0.25, -0.2) is 0 Å². The molecule has 1 aliphatic carbocycles. The second-order valence-corrected chi connectivity index (χ2v) is 14.0. The molecular weight excluding hydrogens is 611 g/mol. The van der Waals surface area contributed by atoms with E-state index >= 15 is 0 Å². The van der Waals surface area contributed by atoms with E-state index in [0.717, 1.165) is 73.7 Å². The lowest BCUT2D eigenvalue weighted by molar-refractivity contribution is -0.106. The highest BCUT2D eigenvalue weighted by Crippen LogP contribution is 2.40. The van der Waals surface area contributed by atoms with Gasteiger partial charge in [-0.1, -0.05) is 24.3 Å². The molecule has 0 unspecified atom stereocenters. The molecule has 1 amide bonds. The number of aliphatic hydroxyl groups is 1. The van der Waals surface area contributed by atoms with Crippen LogP contribution in [0.1, 0.15) is 80.9 Å². The first-order valence-electron chi connectivity index (χ1n) is 16.9. The Morgan fingerprint density at radius 3 is 2.47 bits per heavy atom. The lowest BCUT2D eigenvalue weighted by Crippen LogP contribution is -2.51. The Balaban J connectivity index is 0.00000124. The predicted octanol–water partition coefficient (Wildman–Crippen LogP) is 5.32. The first-order chi connectivity index (χ1) is 22.9. The molecule has 3 aromatic rings. The van der Waals surface area contributed by atoms with Gasteiger partial charge in [0.25, 0.3) is 5.91 Å². The van der Waals surface area contributed by atoms with E-state index < -0.39 is 0 Å². The number of thiophene rings is 1. The SMILES string of the molecule is CC=O.CN(/C=C(\N)c1cccc(N2CCc3c(sc4c3CCCC4)C2=O)c1CO)Nc1ccc(C2CCN(C3COC3)CC2)cc1. The maximum atomic E-state index is 13.7. The standard InChI is InChI=1S/C35H43N5O3S.C2H4O/c1-38(37-25-11-9-23(10-12-25)24-13-16-39(17-14-24)26-21-43-22-26)19-31(36)27-6-4-7-32(30(27)20-41)40-18-15-29-28-5-2-3-8-33(28)44-34(29)35(40)42;1-2-3/h4,6-7,9-12,19,24,26,37,41H,2-3,5,8,13-18,20-22,36H2,1H3;2H,1H3/b31-19-;. The Kier molecular flexibility index (Phi) is 10.6. The van der Waals surface area contributed by atoms with E-state index in [-0.39, 0.29) is 12.5 Å². The summed E-state index contributed by atoms with van der Waals surface area (Å²) in [6, 6.07) is 15.1. The van der Waals surface area contributed by atoms with Crippen molar-refractivity contribution in [2.45, 2.75) is 70.4 Å². The number of ether oxygens (including phenoxy) is 1. The third-order valence-corrected chi connectivity index (χ3v) is 11.2. The second-order valence-electron chi connectivity index (χ2n) is 12.9. The first-order valence-corrected chi connectivity index (χ1v) is 17.7. The molecule has 0 radical (unpaired) electrons. The summed E-state index contributed by atoms with van der Waals surface area (Å²) >= 11 is 1.68. The molecule has 0 spiro atoms. The number of aldehydes is 1. The highest BCUT2D eigenvalue weighted by molar-refractivity contribution is 7.14. The van der Waals surface area contributed by atoms with Crippen LogP contribution in [0.5, 0.6) is 0 Å². The van der Waals surface area contributed by atoms with Crippen molar-refractivity contribution in [1.82, 2.24) is 9.91 Å². The van der Waals surface area contributed by atoms with Crippen molar-refractivity contribution < 1.29 is 19.4 Å². The number of piperidine rings is 1. The van der Waals surface area contributed by atoms with E-state index in [4.69, 9.17) is 15.3 Å². The molecule has 250 valence electrons. The average molecular weight is 658 g/mol. The Labute approximate surface area is 282 Å². The van der Waals surface area contributed by atoms with Crippen molar-refractivity contribution >= 4 is 40.6 Å². The quantitative estimate of drug-likeness (QED) is 0.221. The summed E-state index contributed by atoms with van der Waals surface area (Å²) in [5, 5.41) is 12.3. The summed E-state index contributed by atoms with van der Waals surface area (Å²) in [5.41, 5.74) is 17.7. The van der Waals surface area contributed by atoms with E-state index in [0.29, 0.717) is 29.8 Å². The molecule has 2 fully saturated rings. The van der Waals surface area contributed by atoms with Crippen LogP contribution in [0, 0.1) is 0 Å². The molecule has 3 aliphatic heterocycles. The maximum Gasteiger partial charge on any atom is 0.268 e. The summed E-state index contributed by atoms with van der Waals surface area (Å²) in [5.74, 6) is 0.642. The maximum absolute atomic E-state index is 13.7. The highest BCUT2D eigenvalue weighted by Gasteiger charge is 2.33. The smallest absolute Gasteiger partial charge is 0.268 e. The first kappa shape index (κ1) is 33.2. The van der Waals surface area contributed by atoms with Gasteiger partial charge in [0, 0.05) is 35.8 Å². The third kappa shape index (κ3) is 7.11. The molecule has 2 aromatic carbocycles. The number of nitrogens with zero attached hydrogens (tertiary/aromatic N) is 3. The number of hydrogen-bond acceptors (Lipinski definition) is 9. The van der Waals surface area contributed by atoms with Crippen molar-refractivity contribution in [3.63, 3.8) is 0 Å². The highest BCUT2D eigenvalue weighted by atomic mass is 32.1. The summed E-state index contributed by atoms with van der Waals surface area (Å²) in [6.45, 7) is 5.92. The normalized spacial score (nSPS) is 18.8. The molecule has 0 atom stereocenters. The number of nitrogens with two attached hydrogens (primary N) is 1. The number of aliphatic hydroxyl groups excluding tert-OH is 1. The Morgan fingerprint density at radius 1 is 1.06 bits per heavy atom. The van der Waals surface area contributed by atoms with E-state index in [1.165, 1.54) is 54.2 Å². The van der Waals surface area contributed by atoms with E-state index in [2.05, 4.69) is 34.6 Å². The van der Waals surface area contributed by atoms with Gasteiger partial charge >= 0.3 is 0 Å².